The predicted octanol–water partition coefficient (Wildman–Crippen LogP) is 3.20. The summed E-state index contributed by atoms with van der Waals surface area (Å²) in [6.07, 6.45) is 1.65. The Bertz CT molecular complexity index is 407. The van der Waals surface area contributed by atoms with Gasteiger partial charge >= 0.3 is 5.97 Å². The second-order valence-electron chi connectivity index (χ2n) is 2.84. The van der Waals surface area contributed by atoms with Crippen LogP contribution in [0.4, 0.5) is 0 Å². The van der Waals surface area contributed by atoms with Gasteiger partial charge in [-0.05, 0) is 28.9 Å². The van der Waals surface area contributed by atoms with E-state index < -0.39 is 0 Å². The zero-order chi connectivity index (χ0) is 11.4. The molecule has 1 rings (SSSR count). The van der Waals surface area contributed by atoms with Gasteiger partial charge in [0, 0.05) is 10.0 Å². The fraction of sp³-hybridized carbons (Fsp3) is 0.182. The fourth-order valence-corrected chi connectivity index (χ4v) is 1.50. The molecule has 0 saturated heterocycles. The second-order valence-corrected chi connectivity index (χ2v) is 3.80. The molecule has 1 N–H and O–H groups in total. The fourth-order valence-electron chi connectivity index (χ4n) is 1.17. The van der Waals surface area contributed by atoms with E-state index in [4.69, 9.17) is 4.74 Å². The number of carbonyl (C=O) groups excluding carboxylic acids is 1. The molecule has 0 aromatic carbocycles. The van der Waals surface area contributed by atoms with E-state index in [1.54, 1.807) is 19.1 Å². The number of rotatable bonds is 4. The summed E-state index contributed by atoms with van der Waals surface area (Å²) in [4.78, 5) is 14.3. The Morgan fingerprint density at radius 1 is 1.73 bits per heavy atom. The quantitative estimate of drug-likeness (QED) is 0.853. The van der Waals surface area contributed by atoms with Crippen LogP contribution in [-0.4, -0.2) is 17.6 Å². The summed E-state index contributed by atoms with van der Waals surface area (Å²) in [6.45, 7) is 9.51. The first kappa shape index (κ1) is 11.8. The van der Waals surface area contributed by atoms with Gasteiger partial charge in [0.15, 0.2) is 0 Å². The second kappa shape index (κ2) is 4.98. The van der Waals surface area contributed by atoms with Gasteiger partial charge in [0.05, 0.1) is 12.3 Å². The van der Waals surface area contributed by atoms with Gasteiger partial charge in [-0.1, -0.05) is 19.2 Å². The number of carbonyl (C=O) groups is 1. The molecule has 0 aliphatic heterocycles. The summed E-state index contributed by atoms with van der Waals surface area (Å²) in [6, 6.07) is 1.69. The van der Waals surface area contributed by atoms with Crippen molar-refractivity contribution in [3.05, 3.63) is 36.2 Å². The van der Waals surface area contributed by atoms with Crippen molar-refractivity contribution in [1.29, 1.82) is 0 Å². The molecule has 0 saturated carbocycles. The highest BCUT2D eigenvalue weighted by Crippen LogP contribution is 2.24. The maximum Gasteiger partial charge on any atom is 0.354 e. The van der Waals surface area contributed by atoms with E-state index in [1.807, 2.05) is 0 Å². The van der Waals surface area contributed by atoms with Crippen molar-refractivity contribution in [2.75, 3.05) is 6.61 Å². The van der Waals surface area contributed by atoms with Crippen LogP contribution in [0.5, 0.6) is 0 Å². The van der Waals surface area contributed by atoms with Crippen molar-refractivity contribution in [2.24, 2.45) is 0 Å². The van der Waals surface area contributed by atoms with Gasteiger partial charge in [-0.2, -0.15) is 0 Å². The Hall–Kier alpha value is -1.29. The zero-order valence-corrected chi connectivity index (χ0v) is 10.1. The monoisotopic (exact) mass is 269 g/mol. The van der Waals surface area contributed by atoms with Crippen molar-refractivity contribution < 1.29 is 9.53 Å². The standard InChI is InChI=1S/C11H12BrNO2/c1-4-8-6-9(11(14)15-5-2)13-10(8)7(3)12/h4,6,13H,1,3,5H2,2H3. The largest absolute Gasteiger partial charge is 0.461 e. The number of aromatic amines is 1. The highest BCUT2D eigenvalue weighted by atomic mass is 79.9. The normalized spacial score (nSPS) is 9.73. The number of nitrogens with one attached hydrogen (secondary N) is 1. The van der Waals surface area contributed by atoms with Crippen LogP contribution in [0.3, 0.4) is 0 Å². The smallest absolute Gasteiger partial charge is 0.354 e. The number of hydrogen-bond acceptors (Lipinski definition) is 2. The van der Waals surface area contributed by atoms with Gasteiger partial charge in [-0.15, -0.1) is 0 Å². The first-order valence-electron chi connectivity index (χ1n) is 4.47. The molecule has 0 aliphatic rings. The maximum atomic E-state index is 11.4. The summed E-state index contributed by atoms with van der Waals surface area (Å²) >= 11 is 3.25. The Balaban J connectivity index is 3.07. The lowest BCUT2D eigenvalue weighted by atomic mass is 10.2. The number of halogens is 1. The highest BCUT2D eigenvalue weighted by molar-refractivity contribution is 9.15. The predicted molar refractivity (Wildman–Crippen MR) is 64.8 cm³/mol. The van der Waals surface area contributed by atoms with Crippen LogP contribution in [0.2, 0.25) is 0 Å². The molecule has 0 radical (unpaired) electrons. The average Bonchev–Trinajstić information content (AvgIpc) is 2.61. The topological polar surface area (TPSA) is 42.1 Å². The molecule has 0 aliphatic carbocycles. The third kappa shape index (κ3) is 2.59. The van der Waals surface area contributed by atoms with Gasteiger partial charge in [0.2, 0.25) is 0 Å². The number of ether oxygens (including phenoxy) is 1. The molecule has 1 aromatic heterocycles. The number of H-pyrrole nitrogens is 1. The molecule has 1 heterocycles. The summed E-state index contributed by atoms with van der Waals surface area (Å²) < 4.78 is 5.55. The van der Waals surface area contributed by atoms with Crippen LogP contribution in [0.15, 0.2) is 19.2 Å². The molecule has 0 atom stereocenters. The maximum absolute atomic E-state index is 11.4. The van der Waals surface area contributed by atoms with Crippen LogP contribution >= 0.6 is 15.9 Å². The lowest BCUT2D eigenvalue weighted by molar-refractivity contribution is 0.0520. The molecule has 80 valence electrons. The lowest BCUT2D eigenvalue weighted by Gasteiger charge is -1.98. The van der Waals surface area contributed by atoms with Crippen molar-refractivity contribution in [1.82, 2.24) is 4.98 Å². The zero-order valence-electron chi connectivity index (χ0n) is 8.47. The van der Waals surface area contributed by atoms with Gasteiger partial charge < -0.3 is 9.72 Å². The molecule has 4 heteroatoms. The average molecular weight is 270 g/mol. The summed E-state index contributed by atoms with van der Waals surface area (Å²) in [5, 5.41) is 0. The van der Waals surface area contributed by atoms with Crippen molar-refractivity contribution in [3.8, 4) is 0 Å². The molecule has 0 bridgehead atoms. The highest BCUT2D eigenvalue weighted by Gasteiger charge is 2.13. The third-order valence-corrected chi connectivity index (χ3v) is 2.23. The third-order valence-electron chi connectivity index (χ3n) is 1.83. The Labute approximate surface area is 97.0 Å². The number of esters is 1. The summed E-state index contributed by atoms with van der Waals surface area (Å²) in [5.41, 5.74) is 1.97. The number of aromatic nitrogens is 1. The van der Waals surface area contributed by atoms with E-state index in [9.17, 15) is 4.79 Å². The van der Waals surface area contributed by atoms with Crippen molar-refractivity contribution >= 4 is 32.5 Å². The van der Waals surface area contributed by atoms with Crippen molar-refractivity contribution in [3.63, 3.8) is 0 Å². The lowest BCUT2D eigenvalue weighted by Crippen LogP contribution is -2.04. The van der Waals surface area contributed by atoms with Gasteiger partial charge in [0.25, 0.3) is 0 Å². The molecule has 0 amide bonds. The van der Waals surface area contributed by atoms with Gasteiger partial charge in [-0.3, -0.25) is 0 Å². The van der Waals surface area contributed by atoms with E-state index in [0.29, 0.717) is 16.8 Å². The minimum atomic E-state index is -0.374. The van der Waals surface area contributed by atoms with Gasteiger partial charge in [-0.25, -0.2) is 4.79 Å². The van der Waals surface area contributed by atoms with Crippen molar-refractivity contribution in [2.45, 2.75) is 6.92 Å². The first-order chi connectivity index (χ1) is 7.10. The first-order valence-corrected chi connectivity index (χ1v) is 5.26. The molecule has 15 heavy (non-hydrogen) atoms. The summed E-state index contributed by atoms with van der Waals surface area (Å²) in [5.74, 6) is -0.374. The molecular weight excluding hydrogens is 258 g/mol. The van der Waals surface area contributed by atoms with E-state index in [2.05, 4.69) is 34.1 Å². The SMILES string of the molecule is C=Cc1cc(C(=O)OCC)[nH]c1C(=C)Br. The molecule has 0 unspecified atom stereocenters. The van der Waals surface area contributed by atoms with Gasteiger partial charge in [0.1, 0.15) is 5.69 Å². The minimum absolute atomic E-state index is 0.353. The number of hydrogen-bond donors (Lipinski definition) is 1. The molecule has 0 spiro atoms. The Morgan fingerprint density at radius 3 is 2.80 bits per heavy atom. The van der Waals surface area contributed by atoms with E-state index in [0.717, 1.165) is 11.3 Å². The van der Waals surface area contributed by atoms with E-state index in [1.165, 1.54) is 0 Å². The Kier molecular flexibility index (Phi) is 3.91. The Morgan fingerprint density at radius 2 is 2.40 bits per heavy atom. The van der Waals surface area contributed by atoms with E-state index in [-0.39, 0.29) is 5.97 Å². The summed E-state index contributed by atoms with van der Waals surface area (Å²) in [7, 11) is 0. The van der Waals surface area contributed by atoms with Crippen LogP contribution in [-0.2, 0) is 4.74 Å². The molecule has 1 aromatic rings. The van der Waals surface area contributed by atoms with E-state index >= 15 is 0 Å². The molecule has 3 nitrogen and oxygen atoms in total. The van der Waals surface area contributed by atoms with Crippen LogP contribution in [0, 0.1) is 0 Å². The minimum Gasteiger partial charge on any atom is -0.461 e. The van der Waals surface area contributed by atoms with Crippen LogP contribution < -0.4 is 0 Å². The van der Waals surface area contributed by atoms with Crippen LogP contribution in [0.25, 0.3) is 10.6 Å². The van der Waals surface area contributed by atoms with Crippen LogP contribution in [0.1, 0.15) is 28.7 Å². The molecular formula is C11H12BrNO2. The molecule has 0 fully saturated rings.